The lowest BCUT2D eigenvalue weighted by Gasteiger charge is -2.08. The molecule has 0 spiro atoms. The van der Waals surface area contributed by atoms with Gasteiger partial charge in [-0.3, -0.25) is 4.79 Å². The summed E-state index contributed by atoms with van der Waals surface area (Å²) in [6.07, 6.45) is 1.25. The first-order valence-electron chi connectivity index (χ1n) is 6.44. The quantitative estimate of drug-likeness (QED) is 0.626. The van der Waals surface area contributed by atoms with Gasteiger partial charge in [-0.1, -0.05) is 30.4 Å². The largest absolute Gasteiger partial charge is 0.395 e. The predicted molar refractivity (Wildman–Crippen MR) is 79.8 cm³/mol. The summed E-state index contributed by atoms with van der Waals surface area (Å²) in [5.74, 6) is 5.46. The van der Waals surface area contributed by atoms with Gasteiger partial charge in [0.05, 0.1) is 12.3 Å². The van der Waals surface area contributed by atoms with E-state index in [2.05, 4.69) is 17.2 Å². The van der Waals surface area contributed by atoms with Crippen LogP contribution >= 0.6 is 11.6 Å². The molecule has 0 fully saturated rings. The number of anilines is 1. The summed E-state index contributed by atoms with van der Waals surface area (Å²) in [6, 6.07) is 5.07. The SMILES string of the molecule is CCCOCC(=O)Nc1cc(Cl)ccc1C#CCCO. The van der Waals surface area contributed by atoms with Gasteiger partial charge in [0.25, 0.3) is 0 Å². The molecule has 4 nitrogen and oxygen atoms in total. The Morgan fingerprint density at radius 2 is 2.30 bits per heavy atom. The van der Waals surface area contributed by atoms with Gasteiger partial charge in [0, 0.05) is 23.6 Å². The molecule has 0 saturated carbocycles. The molecule has 5 heteroatoms. The minimum Gasteiger partial charge on any atom is -0.395 e. The maximum atomic E-state index is 11.7. The van der Waals surface area contributed by atoms with Gasteiger partial charge in [0.15, 0.2) is 0 Å². The Morgan fingerprint density at radius 3 is 3.00 bits per heavy atom. The van der Waals surface area contributed by atoms with Crippen LogP contribution in [0.15, 0.2) is 18.2 Å². The number of aliphatic hydroxyl groups is 1. The van der Waals surface area contributed by atoms with Crippen molar-refractivity contribution >= 4 is 23.2 Å². The van der Waals surface area contributed by atoms with E-state index in [0.29, 0.717) is 29.3 Å². The monoisotopic (exact) mass is 295 g/mol. The number of benzene rings is 1. The Labute approximate surface area is 124 Å². The summed E-state index contributed by atoms with van der Waals surface area (Å²) >= 11 is 5.92. The summed E-state index contributed by atoms with van der Waals surface area (Å²) < 4.78 is 5.17. The molecule has 0 aliphatic heterocycles. The van der Waals surface area contributed by atoms with Gasteiger partial charge in [-0.05, 0) is 24.6 Å². The first-order chi connectivity index (χ1) is 9.67. The minimum absolute atomic E-state index is 0.00383. The molecule has 0 bridgehead atoms. The highest BCUT2D eigenvalue weighted by molar-refractivity contribution is 6.31. The summed E-state index contributed by atoms with van der Waals surface area (Å²) in [5.41, 5.74) is 1.21. The maximum Gasteiger partial charge on any atom is 0.250 e. The van der Waals surface area contributed by atoms with Crippen molar-refractivity contribution in [2.75, 3.05) is 25.1 Å². The number of hydrogen-bond acceptors (Lipinski definition) is 3. The van der Waals surface area contributed by atoms with E-state index in [0.717, 1.165) is 6.42 Å². The zero-order valence-corrected chi connectivity index (χ0v) is 12.2. The van der Waals surface area contributed by atoms with E-state index >= 15 is 0 Å². The average Bonchev–Trinajstić information content (AvgIpc) is 2.42. The highest BCUT2D eigenvalue weighted by Gasteiger charge is 2.06. The molecule has 0 heterocycles. The van der Waals surface area contributed by atoms with Crippen molar-refractivity contribution in [3.05, 3.63) is 28.8 Å². The van der Waals surface area contributed by atoms with Crippen LogP contribution in [-0.4, -0.2) is 30.8 Å². The fourth-order valence-electron chi connectivity index (χ4n) is 1.44. The number of rotatable bonds is 6. The van der Waals surface area contributed by atoms with Crippen LogP contribution in [0.4, 0.5) is 5.69 Å². The van der Waals surface area contributed by atoms with E-state index in [9.17, 15) is 4.79 Å². The van der Waals surface area contributed by atoms with Crippen molar-refractivity contribution in [1.29, 1.82) is 0 Å². The van der Waals surface area contributed by atoms with Gasteiger partial charge in [-0.2, -0.15) is 0 Å². The van der Waals surface area contributed by atoms with Crippen LogP contribution in [0.3, 0.4) is 0 Å². The van der Waals surface area contributed by atoms with Crippen molar-refractivity contribution in [3.8, 4) is 11.8 Å². The van der Waals surface area contributed by atoms with Crippen LogP contribution in [0.25, 0.3) is 0 Å². The van der Waals surface area contributed by atoms with Gasteiger partial charge in [-0.25, -0.2) is 0 Å². The molecular formula is C15H18ClNO3. The number of amides is 1. The van der Waals surface area contributed by atoms with Gasteiger partial charge in [0.1, 0.15) is 6.61 Å². The van der Waals surface area contributed by atoms with E-state index < -0.39 is 0 Å². The van der Waals surface area contributed by atoms with Crippen LogP contribution in [-0.2, 0) is 9.53 Å². The molecular weight excluding hydrogens is 278 g/mol. The van der Waals surface area contributed by atoms with E-state index in [1.165, 1.54) is 0 Å². The zero-order valence-electron chi connectivity index (χ0n) is 11.4. The molecule has 0 aromatic heterocycles. The van der Waals surface area contributed by atoms with Crippen LogP contribution in [0, 0.1) is 11.8 Å². The molecule has 0 aliphatic rings. The molecule has 0 radical (unpaired) electrons. The van der Waals surface area contributed by atoms with E-state index in [1.807, 2.05) is 6.92 Å². The molecule has 0 unspecified atom stereocenters. The Kier molecular flexibility index (Phi) is 7.74. The van der Waals surface area contributed by atoms with Gasteiger partial charge in [0.2, 0.25) is 5.91 Å². The highest BCUT2D eigenvalue weighted by Crippen LogP contribution is 2.20. The molecule has 20 heavy (non-hydrogen) atoms. The summed E-state index contributed by atoms with van der Waals surface area (Å²) in [4.78, 5) is 11.7. The summed E-state index contributed by atoms with van der Waals surface area (Å²) in [5, 5.41) is 12.0. The van der Waals surface area contributed by atoms with Crippen molar-refractivity contribution < 1.29 is 14.6 Å². The lowest BCUT2D eigenvalue weighted by molar-refractivity contribution is -0.120. The Hall–Kier alpha value is -1.54. The molecule has 0 atom stereocenters. The zero-order chi connectivity index (χ0) is 14.8. The first-order valence-corrected chi connectivity index (χ1v) is 6.82. The predicted octanol–water partition coefficient (Wildman–Crippen LogP) is 2.44. The third-order valence-electron chi connectivity index (χ3n) is 2.30. The van der Waals surface area contributed by atoms with Crippen LogP contribution in [0.1, 0.15) is 25.3 Å². The number of hydrogen-bond donors (Lipinski definition) is 2. The van der Waals surface area contributed by atoms with Gasteiger partial charge < -0.3 is 15.2 Å². The fourth-order valence-corrected chi connectivity index (χ4v) is 1.61. The highest BCUT2D eigenvalue weighted by atomic mass is 35.5. The molecule has 108 valence electrons. The molecule has 2 N–H and O–H groups in total. The number of carbonyl (C=O) groups excluding carboxylic acids is 1. The lowest BCUT2D eigenvalue weighted by Crippen LogP contribution is -2.19. The topological polar surface area (TPSA) is 58.6 Å². The first kappa shape index (κ1) is 16.5. The number of carbonyl (C=O) groups is 1. The van der Waals surface area contributed by atoms with Crippen molar-refractivity contribution in [2.24, 2.45) is 0 Å². The molecule has 0 saturated heterocycles. The Morgan fingerprint density at radius 1 is 1.50 bits per heavy atom. The van der Waals surface area contributed by atoms with Gasteiger partial charge in [-0.15, -0.1) is 0 Å². The smallest absolute Gasteiger partial charge is 0.250 e. The van der Waals surface area contributed by atoms with Gasteiger partial charge >= 0.3 is 0 Å². The molecule has 0 aliphatic carbocycles. The van der Waals surface area contributed by atoms with Crippen LogP contribution in [0.5, 0.6) is 0 Å². The van der Waals surface area contributed by atoms with E-state index in [-0.39, 0.29) is 19.1 Å². The number of nitrogens with one attached hydrogen (secondary N) is 1. The molecule has 1 rings (SSSR count). The minimum atomic E-state index is -0.245. The molecule has 1 aromatic rings. The van der Waals surface area contributed by atoms with Crippen LogP contribution in [0.2, 0.25) is 5.02 Å². The second kappa shape index (κ2) is 9.38. The third kappa shape index (κ3) is 6.07. The summed E-state index contributed by atoms with van der Waals surface area (Å²) in [6.45, 7) is 2.53. The standard InChI is InChI=1S/C15H18ClNO3/c1-2-9-20-11-15(19)17-14-10-13(16)7-6-12(14)5-3-4-8-18/h6-7,10,18H,2,4,8-9,11H2,1H3,(H,17,19). The van der Waals surface area contributed by atoms with E-state index in [1.54, 1.807) is 18.2 Å². The second-order valence-electron chi connectivity index (χ2n) is 4.07. The van der Waals surface area contributed by atoms with Crippen LogP contribution < -0.4 is 5.32 Å². The fraction of sp³-hybridized carbons (Fsp3) is 0.400. The lowest BCUT2D eigenvalue weighted by atomic mass is 10.1. The second-order valence-corrected chi connectivity index (χ2v) is 4.50. The third-order valence-corrected chi connectivity index (χ3v) is 2.53. The van der Waals surface area contributed by atoms with Crippen molar-refractivity contribution in [2.45, 2.75) is 19.8 Å². The number of ether oxygens (including phenoxy) is 1. The maximum absolute atomic E-state index is 11.7. The van der Waals surface area contributed by atoms with E-state index in [4.69, 9.17) is 21.4 Å². The molecule has 1 amide bonds. The molecule has 1 aromatic carbocycles. The number of halogens is 1. The average molecular weight is 296 g/mol. The Balaban J connectivity index is 2.74. The Bertz CT molecular complexity index is 506. The summed E-state index contributed by atoms with van der Waals surface area (Å²) in [7, 11) is 0. The number of aliphatic hydroxyl groups excluding tert-OH is 1. The van der Waals surface area contributed by atoms with Crippen molar-refractivity contribution in [1.82, 2.24) is 0 Å². The van der Waals surface area contributed by atoms with Crippen molar-refractivity contribution in [3.63, 3.8) is 0 Å². The normalized spacial score (nSPS) is 9.75.